The second-order valence-electron chi connectivity index (χ2n) is 7.29. The van der Waals surface area contributed by atoms with Crippen molar-refractivity contribution in [3.8, 4) is 11.5 Å². The van der Waals surface area contributed by atoms with Crippen LogP contribution in [0.4, 0.5) is 10.5 Å². The number of amidine groups is 1. The van der Waals surface area contributed by atoms with Gasteiger partial charge in [-0.05, 0) is 47.2 Å². The van der Waals surface area contributed by atoms with Crippen molar-refractivity contribution >= 4 is 34.4 Å². The number of aliphatic carboxylic acids is 1. The highest BCUT2D eigenvalue weighted by molar-refractivity contribution is 5.97. The van der Waals surface area contributed by atoms with E-state index in [0.29, 0.717) is 23.5 Å². The maximum absolute atomic E-state index is 12.3. The molecule has 0 bridgehead atoms. The van der Waals surface area contributed by atoms with Gasteiger partial charge in [-0.15, -0.1) is 0 Å². The lowest BCUT2D eigenvalue weighted by atomic mass is 10.1. The standard InChI is InChI=1S/C22H21N3O4.C2H4O2/c1-27-18-7-5-14-6-8-19(11-16(14)10-18)28-13-20-12-25(22(26)29-20)17-4-2-3-15(9-17)21(23)24;1-2(3)4/h2-11,20H,12-13H2,1H3,(H3,23,24);1H3,(H,3,4). The summed E-state index contributed by atoms with van der Waals surface area (Å²) in [5.41, 5.74) is 6.73. The molecular weight excluding hydrogens is 426 g/mol. The summed E-state index contributed by atoms with van der Waals surface area (Å²) in [5, 5.41) is 17.1. The maximum Gasteiger partial charge on any atom is 0.414 e. The minimum atomic E-state index is -0.833. The van der Waals surface area contributed by atoms with Gasteiger partial charge >= 0.3 is 6.09 Å². The molecule has 1 aliphatic heterocycles. The molecule has 0 radical (unpaired) electrons. The monoisotopic (exact) mass is 451 g/mol. The van der Waals surface area contributed by atoms with Gasteiger partial charge in [-0.3, -0.25) is 15.1 Å². The Hall–Kier alpha value is -4.27. The number of anilines is 1. The number of carbonyl (C=O) groups excluding carboxylic acids is 1. The Morgan fingerprint density at radius 2 is 1.82 bits per heavy atom. The van der Waals surface area contributed by atoms with Crippen molar-refractivity contribution in [2.75, 3.05) is 25.2 Å². The van der Waals surface area contributed by atoms with Crippen LogP contribution in [-0.4, -0.2) is 49.4 Å². The molecule has 1 unspecified atom stereocenters. The van der Waals surface area contributed by atoms with E-state index in [0.717, 1.165) is 23.4 Å². The molecular formula is C24H25N3O6. The molecule has 1 heterocycles. The summed E-state index contributed by atoms with van der Waals surface area (Å²) >= 11 is 0. The molecule has 9 nitrogen and oxygen atoms in total. The molecule has 1 aliphatic rings. The van der Waals surface area contributed by atoms with E-state index in [2.05, 4.69) is 0 Å². The number of nitrogen functional groups attached to an aromatic ring is 1. The Morgan fingerprint density at radius 3 is 2.48 bits per heavy atom. The molecule has 33 heavy (non-hydrogen) atoms. The molecule has 4 rings (SSSR count). The van der Waals surface area contributed by atoms with Gasteiger partial charge in [0.1, 0.15) is 23.9 Å². The third kappa shape index (κ3) is 6.13. The SMILES string of the molecule is CC(=O)O.COc1ccc2ccc(OCC3CN(c4cccc(C(=N)N)c4)C(=O)O3)cc2c1. The van der Waals surface area contributed by atoms with Gasteiger partial charge in [0.15, 0.2) is 6.10 Å². The van der Waals surface area contributed by atoms with Crippen LogP contribution in [0.1, 0.15) is 12.5 Å². The highest BCUT2D eigenvalue weighted by Crippen LogP contribution is 2.26. The lowest BCUT2D eigenvalue weighted by molar-refractivity contribution is -0.134. The molecule has 1 atom stereocenters. The fourth-order valence-electron chi connectivity index (χ4n) is 3.27. The first kappa shape index (κ1) is 23.4. The molecule has 0 spiro atoms. The molecule has 172 valence electrons. The predicted octanol–water partition coefficient (Wildman–Crippen LogP) is 3.63. The summed E-state index contributed by atoms with van der Waals surface area (Å²) in [7, 11) is 1.63. The van der Waals surface area contributed by atoms with E-state index in [9.17, 15) is 4.79 Å². The number of fused-ring (bicyclic) bond motifs is 1. The average Bonchev–Trinajstić information content (AvgIpc) is 3.17. The second kappa shape index (κ2) is 10.4. The third-order valence-electron chi connectivity index (χ3n) is 4.80. The van der Waals surface area contributed by atoms with Gasteiger partial charge in [0.05, 0.1) is 13.7 Å². The zero-order valence-corrected chi connectivity index (χ0v) is 18.3. The Kier molecular flexibility index (Phi) is 7.34. The van der Waals surface area contributed by atoms with Crippen LogP contribution < -0.4 is 20.1 Å². The van der Waals surface area contributed by atoms with Crippen LogP contribution in [0.2, 0.25) is 0 Å². The van der Waals surface area contributed by atoms with Gasteiger partial charge in [0.25, 0.3) is 5.97 Å². The number of nitrogens with two attached hydrogens (primary N) is 1. The van der Waals surface area contributed by atoms with Crippen LogP contribution in [0.15, 0.2) is 60.7 Å². The number of hydrogen-bond donors (Lipinski definition) is 3. The Balaban J connectivity index is 0.000000709. The van der Waals surface area contributed by atoms with E-state index >= 15 is 0 Å². The largest absolute Gasteiger partial charge is 0.497 e. The van der Waals surface area contributed by atoms with Crippen LogP contribution in [0.25, 0.3) is 10.8 Å². The van der Waals surface area contributed by atoms with E-state index in [-0.39, 0.29) is 12.4 Å². The van der Waals surface area contributed by atoms with Gasteiger partial charge in [0.2, 0.25) is 0 Å². The number of rotatable bonds is 6. The highest BCUT2D eigenvalue weighted by atomic mass is 16.6. The number of benzene rings is 3. The summed E-state index contributed by atoms with van der Waals surface area (Å²) in [4.78, 5) is 22.8. The predicted molar refractivity (Wildman–Crippen MR) is 124 cm³/mol. The highest BCUT2D eigenvalue weighted by Gasteiger charge is 2.33. The lowest BCUT2D eigenvalue weighted by Crippen LogP contribution is -2.27. The number of methoxy groups -OCH3 is 1. The van der Waals surface area contributed by atoms with Gasteiger partial charge in [-0.25, -0.2) is 4.79 Å². The first-order chi connectivity index (χ1) is 15.8. The van der Waals surface area contributed by atoms with Crippen molar-refractivity contribution < 1.29 is 28.9 Å². The number of carbonyl (C=O) groups is 2. The topological polar surface area (TPSA) is 135 Å². The normalized spacial score (nSPS) is 14.8. The number of amides is 1. The van der Waals surface area contributed by atoms with Crippen molar-refractivity contribution in [3.63, 3.8) is 0 Å². The molecule has 1 fully saturated rings. The first-order valence-electron chi connectivity index (χ1n) is 10.1. The molecule has 1 amide bonds. The van der Waals surface area contributed by atoms with Crippen molar-refractivity contribution in [1.82, 2.24) is 0 Å². The Morgan fingerprint density at radius 1 is 1.15 bits per heavy atom. The molecule has 3 aromatic carbocycles. The van der Waals surface area contributed by atoms with Crippen molar-refractivity contribution in [2.45, 2.75) is 13.0 Å². The number of ether oxygens (including phenoxy) is 3. The van der Waals surface area contributed by atoms with E-state index in [1.54, 1.807) is 31.4 Å². The van der Waals surface area contributed by atoms with Gasteiger partial charge in [-0.2, -0.15) is 0 Å². The van der Waals surface area contributed by atoms with Gasteiger partial charge in [0, 0.05) is 18.2 Å². The summed E-state index contributed by atoms with van der Waals surface area (Å²) < 4.78 is 16.6. The van der Waals surface area contributed by atoms with E-state index < -0.39 is 18.2 Å². The zero-order chi connectivity index (χ0) is 24.0. The fraction of sp³-hybridized carbons (Fsp3) is 0.208. The number of carboxylic acids is 1. The number of hydrogen-bond acceptors (Lipinski definition) is 6. The van der Waals surface area contributed by atoms with E-state index in [1.807, 2.05) is 36.4 Å². The third-order valence-corrected chi connectivity index (χ3v) is 4.80. The second-order valence-corrected chi connectivity index (χ2v) is 7.29. The maximum atomic E-state index is 12.3. The lowest BCUT2D eigenvalue weighted by Gasteiger charge is -2.14. The molecule has 4 N–H and O–H groups in total. The minimum absolute atomic E-state index is 0.0489. The van der Waals surface area contributed by atoms with E-state index in [4.69, 9.17) is 35.3 Å². The number of nitrogens with one attached hydrogen (secondary N) is 1. The quantitative estimate of drug-likeness (QED) is 0.385. The zero-order valence-electron chi connectivity index (χ0n) is 18.3. The van der Waals surface area contributed by atoms with Crippen LogP contribution >= 0.6 is 0 Å². The Labute approximate surface area is 190 Å². The summed E-state index contributed by atoms with van der Waals surface area (Å²) in [6, 6.07) is 18.6. The summed E-state index contributed by atoms with van der Waals surface area (Å²) in [5.74, 6) is 0.592. The number of cyclic esters (lactones) is 1. The van der Waals surface area contributed by atoms with Crippen LogP contribution in [0.5, 0.6) is 11.5 Å². The van der Waals surface area contributed by atoms with E-state index in [1.165, 1.54) is 4.90 Å². The average molecular weight is 451 g/mol. The molecule has 0 aliphatic carbocycles. The smallest absolute Gasteiger partial charge is 0.414 e. The number of nitrogens with zero attached hydrogens (tertiary/aromatic N) is 1. The molecule has 3 aromatic rings. The van der Waals surface area contributed by atoms with Crippen molar-refractivity contribution in [3.05, 3.63) is 66.2 Å². The summed E-state index contributed by atoms with van der Waals surface area (Å²) in [6.45, 7) is 1.69. The van der Waals surface area contributed by atoms with Crippen molar-refractivity contribution in [1.29, 1.82) is 5.41 Å². The minimum Gasteiger partial charge on any atom is -0.497 e. The molecule has 0 saturated carbocycles. The molecule has 0 aromatic heterocycles. The van der Waals surface area contributed by atoms with Crippen LogP contribution in [-0.2, 0) is 9.53 Å². The van der Waals surface area contributed by atoms with Crippen LogP contribution in [0.3, 0.4) is 0 Å². The fourth-order valence-corrected chi connectivity index (χ4v) is 3.27. The van der Waals surface area contributed by atoms with Gasteiger partial charge in [-0.1, -0.05) is 24.3 Å². The van der Waals surface area contributed by atoms with Gasteiger partial charge < -0.3 is 25.1 Å². The summed E-state index contributed by atoms with van der Waals surface area (Å²) in [6.07, 6.45) is -0.841. The first-order valence-corrected chi connectivity index (χ1v) is 10.1. The Bertz CT molecular complexity index is 1180. The number of carboxylic acid groups (broad SMARTS) is 1. The van der Waals surface area contributed by atoms with Crippen LogP contribution in [0, 0.1) is 5.41 Å². The van der Waals surface area contributed by atoms with Crippen molar-refractivity contribution in [2.24, 2.45) is 5.73 Å². The molecule has 1 saturated heterocycles. The molecule has 9 heteroatoms.